The molecular weight excluding hydrogens is 479 g/mol. The molecule has 1 aliphatic carbocycles. The van der Waals surface area contributed by atoms with Gasteiger partial charge in [0.1, 0.15) is 0 Å². The van der Waals surface area contributed by atoms with Gasteiger partial charge in [-0.05, 0) is 67.8 Å². The van der Waals surface area contributed by atoms with Crippen molar-refractivity contribution in [3.05, 3.63) is 94.5 Å². The second-order valence-corrected chi connectivity index (χ2v) is 10.7. The van der Waals surface area contributed by atoms with E-state index in [4.69, 9.17) is 0 Å². The minimum absolute atomic E-state index is 0.0100. The van der Waals surface area contributed by atoms with Crippen molar-refractivity contribution in [2.45, 2.75) is 47.8 Å². The molecule has 0 spiro atoms. The highest BCUT2D eigenvalue weighted by Gasteiger charge is 2.40. The summed E-state index contributed by atoms with van der Waals surface area (Å²) in [5.74, 6) is -0.942. The number of alkyl halides is 3. The molecule has 1 amide bonds. The van der Waals surface area contributed by atoms with Crippen LogP contribution >= 0.6 is 0 Å². The molecule has 2 aliphatic rings. The Hall–Kier alpha value is -3.46. The van der Waals surface area contributed by atoms with Crippen LogP contribution < -0.4 is 0 Å². The van der Waals surface area contributed by atoms with E-state index in [0.717, 1.165) is 12.1 Å². The highest BCUT2D eigenvalue weighted by molar-refractivity contribution is 7.91. The summed E-state index contributed by atoms with van der Waals surface area (Å²) in [5, 5.41) is 0. The van der Waals surface area contributed by atoms with E-state index in [0.29, 0.717) is 18.4 Å². The normalized spacial score (nSPS) is 17.3. The first-order valence-electron chi connectivity index (χ1n) is 11.0. The molecule has 3 aromatic rings. The summed E-state index contributed by atoms with van der Waals surface area (Å²) in [6.07, 6.45) is -3.12. The van der Waals surface area contributed by atoms with E-state index >= 15 is 0 Å². The average molecular weight is 500 g/mol. The first-order chi connectivity index (χ1) is 16.5. The molecule has 35 heavy (non-hydrogen) atoms. The smallest absolute Gasteiger partial charge is 0.329 e. The number of benzene rings is 3. The van der Waals surface area contributed by atoms with Gasteiger partial charge in [0.15, 0.2) is 5.78 Å². The quantitative estimate of drug-likeness (QED) is 0.375. The van der Waals surface area contributed by atoms with Crippen molar-refractivity contribution in [1.82, 2.24) is 4.90 Å². The number of rotatable bonds is 4. The monoisotopic (exact) mass is 499 g/mol. The van der Waals surface area contributed by atoms with Crippen LogP contribution in [-0.4, -0.2) is 31.0 Å². The van der Waals surface area contributed by atoms with Crippen LogP contribution in [0.3, 0.4) is 0 Å². The van der Waals surface area contributed by atoms with Gasteiger partial charge in [0.25, 0.3) is 5.91 Å². The van der Waals surface area contributed by atoms with Crippen molar-refractivity contribution in [2.75, 3.05) is 0 Å². The fraction of sp³-hybridized carbons (Fsp3) is 0.231. The molecule has 1 heterocycles. The summed E-state index contributed by atoms with van der Waals surface area (Å²) in [4.78, 5) is 27.6. The number of halogens is 3. The van der Waals surface area contributed by atoms with Crippen LogP contribution in [0.4, 0.5) is 13.2 Å². The van der Waals surface area contributed by atoms with Gasteiger partial charge in [-0.25, -0.2) is 8.42 Å². The van der Waals surface area contributed by atoms with Gasteiger partial charge in [-0.1, -0.05) is 24.3 Å². The molecule has 5 nitrogen and oxygen atoms in total. The first-order valence-corrected chi connectivity index (χ1v) is 12.5. The third kappa shape index (κ3) is 3.93. The standard InChI is InChI=1S/C26H20F3NO4S/c1-15(16-5-4-6-18(13-16)26(27,28)29)30(19-10-11-19)25(32)17-9-12-21-23(14-17)35(33,34)22-8-3-2-7-20(22)24(21)31/h2-9,12-15,19H,10-11H2,1H3. The molecule has 1 unspecified atom stereocenters. The SMILES string of the molecule is CC(c1cccc(C(F)(F)F)c1)N(C(=O)c1ccc2c(c1)S(=O)(=O)c1ccccc1C2=O)C1CC1. The maximum atomic E-state index is 13.6. The molecule has 9 heteroatoms. The maximum absolute atomic E-state index is 13.6. The Morgan fingerprint density at radius 3 is 2.31 bits per heavy atom. The van der Waals surface area contributed by atoms with Crippen molar-refractivity contribution >= 4 is 21.5 Å². The van der Waals surface area contributed by atoms with Crippen molar-refractivity contribution in [3.8, 4) is 0 Å². The first kappa shape index (κ1) is 23.3. The van der Waals surface area contributed by atoms with Gasteiger partial charge in [0.2, 0.25) is 9.84 Å². The molecule has 180 valence electrons. The molecule has 1 saturated carbocycles. The molecule has 3 aromatic carbocycles. The van der Waals surface area contributed by atoms with Gasteiger partial charge in [-0.15, -0.1) is 0 Å². The topological polar surface area (TPSA) is 71.5 Å². The van der Waals surface area contributed by atoms with Crippen LogP contribution in [0.2, 0.25) is 0 Å². The molecule has 1 fully saturated rings. The van der Waals surface area contributed by atoms with E-state index in [1.807, 2.05) is 0 Å². The lowest BCUT2D eigenvalue weighted by molar-refractivity contribution is -0.137. The second kappa shape index (κ2) is 8.05. The largest absolute Gasteiger partial charge is 0.416 e. The molecule has 1 atom stereocenters. The molecular formula is C26H20F3NO4S. The Balaban J connectivity index is 1.54. The van der Waals surface area contributed by atoms with Crippen LogP contribution in [0.5, 0.6) is 0 Å². The molecule has 0 saturated heterocycles. The highest BCUT2D eigenvalue weighted by Crippen LogP contribution is 2.39. The van der Waals surface area contributed by atoms with Crippen LogP contribution in [0.15, 0.2) is 76.5 Å². The third-order valence-electron chi connectivity index (χ3n) is 6.47. The van der Waals surface area contributed by atoms with Gasteiger partial charge in [0, 0.05) is 22.7 Å². The summed E-state index contributed by atoms with van der Waals surface area (Å²) in [5.41, 5.74) is -0.344. The number of hydrogen-bond acceptors (Lipinski definition) is 4. The Morgan fingerprint density at radius 1 is 0.943 bits per heavy atom. The fourth-order valence-electron chi connectivity index (χ4n) is 4.51. The Kier molecular flexibility index (Phi) is 5.36. The Bertz CT molecular complexity index is 1480. The zero-order valence-corrected chi connectivity index (χ0v) is 19.4. The Labute approximate surface area is 200 Å². The molecule has 1 aliphatic heterocycles. The zero-order valence-electron chi connectivity index (χ0n) is 18.5. The lowest BCUT2D eigenvalue weighted by Crippen LogP contribution is -2.36. The van der Waals surface area contributed by atoms with Crippen molar-refractivity contribution in [1.29, 1.82) is 0 Å². The minimum Gasteiger partial charge on any atom is -0.329 e. The number of nitrogens with zero attached hydrogens (tertiary/aromatic N) is 1. The van der Waals surface area contributed by atoms with Gasteiger partial charge in [-0.3, -0.25) is 9.59 Å². The summed E-state index contributed by atoms with van der Waals surface area (Å²) in [6.45, 7) is 1.65. The molecule has 0 radical (unpaired) electrons. The van der Waals surface area contributed by atoms with E-state index in [1.54, 1.807) is 13.0 Å². The second-order valence-electron chi connectivity index (χ2n) is 8.78. The highest BCUT2D eigenvalue weighted by atomic mass is 32.2. The van der Waals surface area contributed by atoms with E-state index in [2.05, 4.69) is 0 Å². The number of carbonyl (C=O) groups is 2. The molecule has 0 bridgehead atoms. The summed E-state index contributed by atoms with van der Waals surface area (Å²) in [7, 11) is -4.03. The summed E-state index contributed by atoms with van der Waals surface area (Å²) in [6, 6.07) is 13.8. The van der Waals surface area contributed by atoms with Crippen molar-refractivity contribution in [3.63, 3.8) is 0 Å². The molecule has 0 N–H and O–H groups in total. The number of sulfone groups is 1. The van der Waals surface area contributed by atoms with Crippen LogP contribution in [-0.2, 0) is 16.0 Å². The van der Waals surface area contributed by atoms with Gasteiger partial charge in [-0.2, -0.15) is 13.2 Å². The Morgan fingerprint density at radius 2 is 1.63 bits per heavy atom. The summed E-state index contributed by atoms with van der Waals surface area (Å²) >= 11 is 0. The lowest BCUT2D eigenvalue weighted by Gasteiger charge is -2.30. The lowest BCUT2D eigenvalue weighted by atomic mass is 9.99. The number of carbonyl (C=O) groups excluding carboxylic acids is 2. The van der Waals surface area contributed by atoms with Crippen LogP contribution in [0.25, 0.3) is 0 Å². The van der Waals surface area contributed by atoms with E-state index in [9.17, 15) is 31.2 Å². The van der Waals surface area contributed by atoms with Gasteiger partial charge < -0.3 is 4.90 Å². The predicted octanol–water partition coefficient (Wildman–Crippen LogP) is 5.45. The summed E-state index contributed by atoms with van der Waals surface area (Å²) < 4.78 is 66.2. The average Bonchev–Trinajstić information content (AvgIpc) is 3.67. The van der Waals surface area contributed by atoms with Crippen LogP contribution in [0.1, 0.15) is 63.2 Å². The van der Waals surface area contributed by atoms with E-state index in [1.165, 1.54) is 53.4 Å². The van der Waals surface area contributed by atoms with E-state index in [-0.39, 0.29) is 32.5 Å². The predicted molar refractivity (Wildman–Crippen MR) is 121 cm³/mol. The van der Waals surface area contributed by atoms with Gasteiger partial charge >= 0.3 is 6.18 Å². The van der Waals surface area contributed by atoms with E-state index < -0.39 is 39.3 Å². The third-order valence-corrected chi connectivity index (χ3v) is 8.32. The minimum atomic E-state index is -4.51. The number of ketones is 1. The van der Waals surface area contributed by atoms with Crippen molar-refractivity contribution < 1.29 is 31.2 Å². The maximum Gasteiger partial charge on any atom is 0.416 e. The number of amides is 1. The number of fused-ring (bicyclic) bond motifs is 2. The number of hydrogen-bond donors (Lipinski definition) is 0. The van der Waals surface area contributed by atoms with Crippen molar-refractivity contribution in [2.24, 2.45) is 0 Å². The van der Waals surface area contributed by atoms with Crippen LogP contribution in [0, 0.1) is 0 Å². The molecule has 5 rings (SSSR count). The molecule has 0 aromatic heterocycles. The zero-order chi connectivity index (χ0) is 25.1. The van der Waals surface area contributed by atoms with Gasteiger partial charge in [0.05, 0.1) is 21.4 Å². The fourth-order valence-corrected chi connectivity index (χ4v) is 6.19.